The molecule has 0 fully saturated rings. The van der Waals surface area contributed by atoms with Gasteiger partial charge in [0, 0.05) is 38.4 Å². The highest BCUT2D eigenvalue weighted by molar-refractivity contribution is 6.23. The van der Waals surface area contributed by atoms with Crippen molar-refractivity contribution < 1.29 is 0 Å². The number of fused-ring (bicyclic) bond motifs is 7. The van der Waals surface area contributed by atoms with Crippen LogP contribution in [0.25, 0.3) is 111 Å². The minimum Gasteiger partial charge on any atom is -0.307 e. The Morgan fingerprint density at radius 1 is 0.258 bits per heavy atom. The number of aromatic nitrogens is 5. The number of hydrogen-bond donors (Lipinski definition) is 0. The Labute approximate surface area is 358 Å². The van der Waals surface area contributed by atoms with Crippen LogP contribution >= 0.6 is 0 Å². The van der Waals surface area contributed by atoms with E-state index in [4.69, 9.17) is 15.0 Å². The molecule has 0 unspecified atom stereocenters. The van der Waals surface area contributed by atoms with Crippen molar-refractivity contribution in [3.05, 3.63) is 224 Å². The monoisotopic (exact) mass is 791 g/mol. The van der Waals surface area contributed by atoms with E-state index in [0.29, 0.717) is 17.6 Å². The van der Waals surface area contributed by atoms with Gasteiger partial charge < -0.3 is 4.57 Å². The maximum atomic E-state index is 5.41. The zero-order valence-corrected chi connectivity index (χ0v) is 33.6. The third-order valence-corrected chi connectivity index (χ3v) is 11.9. The molecule has 0 amide bonds. The minimum absolute atomic E-state index is 0.553. The molecule has 0 aliphatic heterocycles. The molecule has 0 radical (unpaired) electrons. The molecule has 0 N–H and O–H groups in total. The molecule has 3 aromatic heterocycles. The van der Waals surface area contributed by atoms with E-state index >= 15 is 0 Å². The molecule has 12 aromatic rings. The second kappa shape index (κ2) is 14.7. The molecule has 0 aliphatic rings. The van der Waals surface area contributed by atoms with Crippen LogP contribution in [-0.4, -0.2) is 24.1 Å². The molecule has 0 saturated carbocycles. The Balaban J connectivity index is 1.19. The Bertz CT molecular complexity index is 3550. The van der Waals surface area contributed by atoms with E-state index in [0.717, 1.165) is 88.4 Å². The predicted octanol–water partition coefficient (Wildman–Crippen LogP) is 14.4. The fourth-order valence-electron chi connectivity index (χ4n) is 9.09. The molecule has 0 bridgehead atoms. The van der Waals surface area contributed by atoms with Crippen LogP contribution in [0, 0.1) is 0 Å². The van der Waals surface area contributed by atoms with Gasteiger partial charge in [0.1, 0.15) is 0 Å². The summed E-state index contributed by atoms with van der Waals surface area (Å²) >= 11 is 0. The summed E-state index contributed by atoms with van der Waals surface area (Å²) in [4.78, 5) is 15.9. The van der Waals surface area contributed by atoms with Crippen LogP contribution in [0.4, 0.5) is 0 Å². The van der Waals surface area contributed by atoms with Crippen molar-refractivity contribution in [2.45, 2.75) is 0 Å². The smallest absolute Gasteiger partial charge is 0.238 e. The highest BCUT2D eigenvalue weighted by atomic mass is 15.2. The van der Waals surface area contributed by atoms with E-state index < -0.39 is 0 Å². The van der Waals surface area contributed by atoms with Crippen molar-refractivity contribution in [1.29, 1.82) is 0 Å². The normalized spacial score (nSPS) is 11.5. The second-order valence-electron chi connectivity index (χ2n) is 15.7. The molecule has 0 saturated heterocycles. The molecule has 5 nitrogen and oxygen atoms in total. The van der Waals surface area contributed by atoms with Crippen LogP contribution in [-0.2, 0) is 0 Å². The molecular formula is C57H37N5. The topological polar surface area (TPSA) is 48.5 Å². The van der Waals surface area contributed by atoms with Crippen molar-refractivity contribution >= 4 is 43.6 Å². The summed E-state index contributed by atoms with van der Waals surface area (Å²) in [5.41, 5.74) is 14.0. The Morgan fingerprint density at radius 3 is 1.23 bits per heavy atom. The van der Waals surface area contributed by atoms with Crippen LogP contribution < -0.4 is 0 Å². The minimum atomic E-state index is 0.553. The first-order valence-electron chi connectivity index (χ1n) is 20.9. The molecule has 0 atom stereocenters. The zero-order chi connectivity index (χ0) is 41.0. The quantitative estimate of drug-likeness (QED) is 0.162. The van der Waals surface area contributed by atoms with Crippen LogP contribution in [0.2, 0.25) is 0 Å². The van der Waals surface area contributed by atoms with Gasteiger partial charge in [-0.05, 0) is 69.8 Å². The molecule has 0 spiro atoms. The van der Waals surface area contributed by atoms with Gasteiger partial charge in [-0.2, -0.15) is 9.97 Å². The third-order valence-electron chi connectivity index (χ3n) is 11.9. The highest BCUT2D eigenvalue weighted by Gasteiger charge is 2.24. The van der Waals surface area contributed by atoms with E-state index in [9.17, 15) is 0 Å². The Kier molecular flexibility index (Phi) is 8.42. The standard InChI is InChI=1S/C57H37N5/c1-5-18-38(19-6-1)42-26-17-27-43(34-42)56-58-55(41-24-11-4-12-25-41)59-57(60-56)62-52-31-16-14-29-48(52)50-33-32-49-47-28-13-15-30-51(47)61(53(49)54(50)62)46-36-44(39-20-7-2-8-21-39)35-45(37-46)40-22-9-3-10-23-40/h1-37H. The molecule has 62 heavy (non-hydrogen) atoms. The number of hydrogen-bond acceptors (Lipinski definition) is 3. The van der Waals surface area contributed by atoms with Gasteiger partial charge in [-0.3, -0.25) is 4.57 Å². The molecule has 3 heterocycles. The van der Waals surface area contributed by atoms with Gasteiger partial charge in [-0.1, -0.05) is 188 Å². The SMILES string of the molecule is c1ccc(-c2cccc(-c3nc(-c4ccccc4)nc(-n4c5ccccc5c5ccc6c7ccccc7n(-c7cc(-c8ccccc8)cc(-c8ccccc8)c7)c6c54)n3)c2)cc1. The van der Waals surface area contributed by atoms with Gasteiger partial charge in [-0.25, -0.2) is 4.98 Å². The first kappa shape index (κ1) is 35.5. The van der Waals surface area contributed by atoms with Gasteiger partial charge in [-0.15, -0.1) is 0 Å². The van der Waals surface area contributed by atoms with Gasteiger partial charge in [0.05, 0.1) is 22.1 Å². The maximum absolute atomic E-state index is 5.41. The van der Waals surface area contributed by atoms with Gasteiger partial charge >= 0.3 is 0 Å². The zero-order valence-electron chi connectivity index (χ0n) is 33.6. The van der Waals surface area contributed by atoms with Crippen molar-refractivity contribution in [2.75, 3.05) is 0 Å². The molecule has 0 aliphatic carbocycles. The van der Waals surface area contributed by atoms with E-state index in [1.807, 2.05) is 24.3 Å². The van der Waals surface area contributed by atoms with Crippen LogP contribution in [0.3, 0.4) is 0 Å². The lowest BCUT2D eigenvalue weighted by Crippen LogP contribution is -2.07. The number of para-hydroxylation sites is 2. The van der Waals surface area contributed by atoms with Crippen LogP contribution in [0.5, 0.6) is 0 Å². The first-order chi connectivity index (χ1) is 30.7. The Hall–Kier alpha value is -8.41. The lowest BCUT2D eigenvalue weighted by Gasteiger charge is -2.16. The lowest BCUT2D eigenvalue weighted by atomic mass is 9.98. The van der Waals surface area contributed by atoms with E-state index in [1.165, 1.54) is 5.39 Å². The van der Waals surface area contributed by atoms with E-state index in [1.54, 1.807) is 0 Å². The summed E-state index contributed by atoms with van der Waals surface area (Å²) in [6, 6.07) is 79.3. The van der Waals surface area contributed by atoms with Crippen LogP contribution in [0.15, 0.2) is 224 Å². The summed E-state index contributed by atoms with van der Waals surface area (Å²) in [5.74, 6) is 1.77. The largest absolute Gasteiger partial charge is 0.307 e. The predicted molar refractivity (Wildman–Crippen MR) is 256 cm³/mol. The van der Waals surface area contributed by atoms with Crippen molar-refractivity contribution in [3.8, 4) is 67.8 Å². The summed E-state index contributed by atoms with van der Waals surface area (Å²) in [6.45, 7) is 0. The van der Waals surface area contributed by atoms with Crippen molar-refractivity contribution in [1.82, 2.24) is 24.1 Å². The average molecular weight is 792 g/mol. The van der Waals surface area contributed by atoms with Crippen LogP contribution in [0.1, 0.15) is 0 Å². The number of nitrogens with zero attached hydrogens (tertiary/aromatic N) is 5. The van der Waals surface area contributed by atoms with Crippen molar-refractivity contribution in [3.63, 3.8) is 0 Å². The third kappa shape index (κ3) is 5.98. The summed E-state index contributed by atoms with van der Waals surface area (Å²) in [6.07, 6.45) is 0. The van der Waals surface area contributed by atoms with Gasteiger partial charge in [0.25, 0.3) is 0 Å². The van der Waals surface area contributed by atoms with Crippen molar-refractivity contribution in [2.24, 2.45) is 0 Å². The molecule has 9 aromatic carbocycles. The highest BCUT2D eigenvalue weighted by Crippen LogP contribution is 2.43. The van der Waals surface area contributed by atoms with Gasteiger partial charge in [0.2, 0.25) is 5.95 Å². The Morgan fingerprint density at radius 2 is 0.661 bits per heavy atom. The fourth-order valence-corrected chi connectivity index (χ4v) is 9.09. The molecule has 290 valence electrons. The second-order valence-corrected chi connectivity index (χ2v) is 15.7. The maximum Gasteiger partial charge on any atom is 0.238 e. The fraction of sp³-hybridized carbons (Fsp3) is 0. The van der Waals surface area contributed by atoms with E-state index in [-0.39, 0.29) is 0 Å². The first-order valence-corrected chi connectivity index (χ1v) is 20.9. The number of rotatable bonds is 7. The van der Waals surface area contributed by atoms with Gasteiger partial charge in [0.15, 0.2) is 11.6 Å². The molecule has 5 heteroatoms. The summed E-state index contributed by atoms with van der Waals surface area (Å²) in [7, 11) is 0. The molecular weight excluding hydrogens is 755 g/mol. The summed E-state index contributed by atoms with van der Waals surface area (Å²) in [5, 5.41) is 4.57. The number of benzene rings is 9. The van der Waals surface area contributed by atoms with E-state index in [2.05, 4.69) is 209 Å². The summed E-state index contributed by atoms with van der Waals surface area (Å²) < 4.78 is 4.71. The lowest BCUT2D eigenvalue weighted by molar-refractivity contribution is 0.953. The average Bonchev–Trinajstić information content (AvgIpc) is 3.88. The molecule has 12 rings (SSSR count).